The van der Waals surface area contributed by atoms with Crippen LogP contribution in [0.5, 0.6) is 0 Å². The van der Waals surface area contributed by atoms with Gasteiger partial charge in [-0.3, -0.25) is 10.5 Å². The third-order valence-corrected chi connectivity index (χ3v) is 16.5. The number of nitrogens with two attached hydrogens (primary N) is 4. The van der Waals surface area contributed by atoms with Crippen molar-refractivity contribution in [1.29, 1.82) is 0 Å². The third-order valence-electron chi connectivity index (χ3n) is 16.5. The molecule has 5 aliphatic heterocycles. The van der Waals surface area contributed by atoms with Gasteiger partial charge in [0.1, 0.15) is 23.7 Å². The quantitative estimate of drug-likeness (QED) is 0.0926. The summed E-state index contributed by atoms with van der Waals surface area (Å²) < 4.78 is 21.2. The number of aliphatic hydroxyl groups excluding tert-OH is 4. The van der Waals surface area contributed by atoms with Crippen molar-refractivity contribution in [3.8, 4) is 0 Å². The van der Waals surface area contributed by atoms with Gasteiger partial charge in [-0.2, -0.15) is 0 Å². The van der Waals surface area contributed by atoms with Crippen molar-refractivity contribution in [2.24, 2.45) is 70.6 Å². The van der Waals surface area contributed by atoms with Crippen LogP contribution >= 0.6 is 0 Å². The number of quaternary nitrogens is 2. The maximum absolute atomic E-state index is 14.3. The molecule has 14 heteroatoms. The van der Waals surface area contributed by atoms with Crippen LogP contribution in [0.2, 0.25) is 0 Å². The lowest BCUT2D eigenvalue weighted by Crippen LogP contribution is -2.95. The number of aliphatic hydroxyl groups is 4. The zero-order valence-electron chi connectivity index (χ0n) is 35.3. The van der Waals surface area contributed by atoms with E-state index < -0.39 is 60.0 Å². The molecule has 5 saturated heterocycles. The number of esters is 1. The van der Waals surface area contributed by atoms with Crippen molar-refractivity contribution in [3.05, 3.63) is 11.6 Å². The minimum atomic E-state index is -1.12. The number of ketones is 1. The summed E-state index contributed by atoms with van der Waals surface area (Å²) in [6.07, 6.45) is 6.42. The maximum Gasteiger partial charge on any atom is 0.334 e. The summed E-state index contributed by atoms with van der Waals surface area (Å²) in [5.74, 6) is -2.36. The highest BCUT2D eigenvalue weighted by molar-refractivity contribution is 5.88. The predicted octanol–water partition coefficient (Wildman–Crippen LogP) is -0.738. The number of hydrogen-bond donors (Lipinski definition) is 9. The number of fused-ring (bicyclic) bond motifs is 4. The Hall–Kier alpha value is -1.56. The van der Waals surface area contributed by atoms with E-state index in [2.05, 4.69) is 17.6 Å². The van der Waals surface area contributed by atoms with Crippen molar-refractivity contribution in [2.45, 2.75) is 152 Å². The Labute approximate surface area is 345 Å². The first-order valence-corrected chi connectivity index (χ1v) is 23.1. The third kappa shape index (κ3) is 8.86. The van der Waals surface area contributed by atoms with Crippen LogP contribution in [0.3, 0.4) is 0 Å². The number of nitrogens with one attached hydrogen (secondary N) is 1. The molecule has 19 unspecified atom stereocenters. The normalized spacial score (nSPS) is 46.7. The van der Waals surface area contributed by atoms with Gasteiger partial charge in [0.05, 0.1) is 69.3 Å². The molecule has 0 aromatic carbocycles. The molecule has 14 nitrogen and oxygen atoms in total. The van der Waals surface area contributed by atoms with E-state index in [9.17, 15) is 30.0 Å². The van der Waals surface area contributed by atoms with Gasteiger partial charge >= 0.3 is 5.97 Å². The molecule has 7 fully saturated rings. The molecule has 0 spiro atoms. The van der Waals surface area contributed by atoms with Crippen molar-refractivity contribution in [3.63, 3.8) is 0 Å². The van der Waals surface area contributed by atoms with E-state index in [-0.39, 0.29) is 79.2 Å². The first-order valence-electron chi connectivity index (χ1n) is 23.1. The van der Waals surface area contributed by atoms with Crippen molar-refractivity contribution in [2.75, 3.05) is 39.9 Å². The largest absolute Gasteiger partial charge is 0.456 e. The molecule has 19 atom stereocenters. The molecule has 0 aromatic heterocycles. The molecule has 7 aliphatic rings. The topological polar surface area (TPSA) is 240 Å². The number of carbonyl (C=O) groups is 2. The molecule has 58 heavy (non-hydrogen) atoms. The monoisotopic (exact) mass is 820 g/mol. The molecule has 2 saturated carbocycles. The van der Waals surface area contributed by atoms with E-state index in [0.717, 1.165) is 70.9 Å². The van der Waals surface area contributed by atoms with E-state index in [1.807, 2.05) is 25.4 Å². The number of Topliss-reactive ketones (excluding diaryl/α,β-unsaturated/α-hetero) is 1. The van der Waals surface area contributed by atoms with Gasteiger partial charge in [0, 0.05) is 49.2 Å². The molecule has 13 N–H and O–H groups in total. The van der Waals surface area contributed by atoms with Crippen LogP contribution in [-0.4, -0.2) is 127 Å². The second kappa shape index (κ2) is 19.2. The molecule has 5 heterocycles. The molecule has 0 radical (unpaired) electrons. The van der Waals surface area contributed by atoms with E-state index in [1.54, 1.807) is 0 Å². The highest BCUT2D eigenvalue weighted by Gasteiger charge is 2.66. The SMILES string of the molecule is CC=C(CC[NH2+]C)C(=O)OC1CC2C(O)C3C(=O)CC(CO)OC3C3C2OC1(C)C(CC1CCC(N)[NH2+]C1)CCC1C(N)NCCC1C3C(CO)C1CCCC(O)C1. The van der Waals surface area contributed by atoms with Crippen molar-refractivity contribution in [1.82, 2.24) is 5.32 Å². The number of rotatable bonds is 11. The second-order valence-electron chi connectivity index (χ2n) is 19.7. The Morgan fingerprint density at radius 2 is 1.88 bits per heavy atom. The number of allylic oxidation sites excluding steroid dienone is 1. The first-order chi connectivity index (χ1) is 27.9. The average Bonchev–Trinajstić information content (AvgIpc) is 3.20. The Morgan fingerprint density at radius 3 is 2.57 bits per heavy atom. The molecule has 0 aromatic rings. The smallest absolute Gasteiger partial charge is 0.334 e. The van der Waals surface area contributed by atoms with Gasteiger partial charge in [0.15, 0.2) is 0 Å². The number of carbonyl (C=O) groups excluding carboxylic acids is 2. The number of ether oxygens (including phenoxy) is 3. The van der Waals surface area contributed by atoms with E-state index in [4.69, 9.17) is 25.7 Å². The summed E-state index contributed by atoms with van der Waals surface area (Å²) >= 11 is 0. The Balaban J connectivity index is 1.38. The fraction of sp³-hybridized carbons (Fsp3) is 0.909. The van der Waals surface area contributed by atoms with Crippen LogP contribution in [0.25, 0.3) is 0 Å². The lowest BCUT2D eigenvalue weighted by molar-refractivity contribution is -0.703. The van der Waals surface area contributed by atoms with Gasteiger partial charge in [0.25, 0.3) is 0 Å². The lowest BCUT2D eigenvalue weighted by atomic mass is 9.51. The van der Waals surface area contributed by atoms with Crippen LogP contribution in [0.4, 0.5) is 0 Å². The summed E-state index contributed by atoms with van der Waals surface area (Å²) in [7, 11) is 1.98. The minimum Gasteiger partial charge on any atom is -0.456 e. The Morgan fingerprint density at radius 1 is 1.07 bits per heavy atom. The fourth-order valence-corrected chi connectivity index (χ4v) is 13.4. The molecule has 2 bridgehead atoms. The summed E-state index contributed by atoms with van der Waals surface area (Å²) in [6.45, 7) is 5.92. The highest BCUT2D eigenvalue weighted by atomic mass is 16.6. The highest BCUT2D eigenvalue weighted by Crippen LogP contribution is 2.59. The van der Waals surface area contributed by atoms with Crippen molar-refractivity contribution >= 4 is 11.8 Å². The number of hydrogen-bond acceptors (Lipinski definition) is 12. The standard InChI is InChI=1S/C44H75N5O9/c1-4-24(12-14-47-3)43(55)57-34-19-31-39(54)37-33(53)18-28(21-50)56-41(37)38-36(32(22-51)25-6-5-7-27(52)17-25)29-13-15-48-42(46)30(29)10-9-26(44(34,2)58-40(31)38)16-23-8-11-35(45)49-20-23/h4,23,25-32,34-42,47-52,54H,5-22,45-46H2,1-3H3/p+2. The zero-order valence-corrected chi connectivity index (χ0v) is 35.3. The lowest BCUT2D eigenvalue weighted by Gasteiger charge is -2.63. The van der Waals surface area contributed by atoms with Gasteiger partial charge in [-0.1, -0.05) is 12.5 Å². The zero-order chi connectivity index (χ0) is 41.3. The van der Waals surface area contributed by atoms with Crippen molar-refractivity contribution < 1.29 is 54.9 Å². The molecule has 7 rings (SSSR count). The summed E-state index contributed by atoms with van der Waals surface area (Å²) in [5, 5.41) is 53.5. The van der Waals surface area contributed by atoms with E-state index in [0.29, 0.717) is 37.3 Å². The van der Waals surface area contributed by atoms with Gasteiger partial charge < -0.3 is 56.3 Å². The average molecular weight is 820 g/mol. The first kappa shape index (κ1) is 44.5. The Bertz CT molecular complexity index is 1430. The van der Waals surface area contributed by atoms with Crippen LogP contribution in [0, 0.1) is 59.2 Å². The molecular formula is C44H77N5O9+2. The fourth-order valence-electron chi connectivity index (χ4n) is 13.4. The van der Waals surface area contributed by atoms with Gasteiger partial charge in [-0.05, 0) is 114 Å². The molecule has 2 aliphatic carbocycles. The minimum absolute atomic E-state index is 0.00280. The summed E-state index contributed by atoms with van der Waals surface area (Å²) in [6, 6.07) is 0. The summed E-state index contributed by atoms with van der Waals surface area (Å²) in [5.41, 5.74) is 13.1. The van der Waals surface area contributed by atoms with Crippen LogP contribution in [-0.2, 0) is 23.8 Å². The van der Waals surface area contributed by atoms with Gasteiger partial charge in [-0.15, -0.1) is 0 Å². The van der Waals surface area contributed by atoms with Gasteiger partial charge in [0.2, 0.25) is 0 Å². The second-order valence-corrected chi connectivity index (χ2v) is 19.7. The van der Waals surface area contributed by atoms with Gasteiger partial charge in [-0.25, -0.2) is 4.79 Å². The van der Waals surface area contributed by atoms with Crippen LogP contribution < -0.4 is 27.4 Å². The predicted molar refractivity (Wildman–Crippen MR) is 215 cm³/mol. The molecule has 330 valence electrons. The van der Waals surface area contributed by atoms with E-state index >= 15 is 0 Å². The maximum atomic E-state index is 14.3. The Kier molecular flexibility index (Phi) is 14.8. The van der Waals surface area contributed by atoms with E-state index in [1.165, 1.54) is 0 Å². The molecule has 0 amide bonds. The van der Waals surface area contributed by atoms with Crippen LogP contribution in [0.15, 0.2) is 11.6 Å². The van der Waals surface area contributed by atoms with Crippen LogP contribution in [0.1, 0.15) is 97.3 Å². The number of piperidine rings is 2. The summed E-state index contributed by atoms with van der Waals surface area (Å²) in [4.78, 5) is 28.5. The molecular weight excluding hydrogens is 743 g/mol.